The Labute approximate surface area is 273 Å². The minimum absolute atomic E-state index is 0.0476. The molecule has 0 aliphatic carbocycles. The van der Waals surface area contributed by atoms with E-state index in [4.69, 9.17) is 5.11 Å². The van der Waals surface area contributed by atoms with Crippen LogP contribution in [-0.2, 0) is 15.6 Å². The van der Waals surface area contributed by atoms with E-state index in [1.807, 2.05) is 0 Å². The minimum Gasteiger partial charge on any atom is -0.481 e. The average Bonchev–Trinajstić information content (AvgIpc) is 3.31. The molecule has 6 heteroatoms. The molecule has 1 N–H and O–H groups in total. The van der Waals surface area contributed by atoms with E-state index in [0.29, 0.717) is 6.54 Å². The highest BCUT2D eigenvalue weighted by Crippen LogP contribution is 2.48. The van der Waals surface area contributed by atoms with Crippen molar-refractivity contribution in [1.82, 2.24) is 0 Å². The Morgan fingerprint density at radius 3 is 2.16 bits per heavy atom. The van der Waals surface area contributed by atoms with Gasteiger partial charge in [-0.25, -0.2) is 0 Å². The van der Waals surface area contributed by atoms with Crippen LogP contribution in [0.5, 0.6) is 0 Å². The first-order valence-corrected chi connectivity index (χ1v) is 16.9. The van der Waals surface area contributed by atoms with Crippen molar-refractivity contribution in [3.63, 3.8) is 0 Å². The first kappa shape index (κ1) is 34.6. The summed E-state index contributed by atoms with van der Waals surface area (Å²) in [4.78, 5) is 13.6. The second-order valence-corrected chi connectivity index (χ2v) is 15.5. The lowest BCUT2D eigenvalue weighted by Gasteiger charge is -2.34. The summed E-state index contributed by atoms with van der Waals surface area (Å²) >= 11 is 0. The van der Waals surface area contributed by atoms with E-state index in [1.54, 1.807) is 0 Å². The summed E-state index contributed by atoms with van der Waals surface area (Å²) in [6, 6.07) is 15.6. The maximum Gasteiger partial charge on any atom is 0.309 e. The number of carbonyl (C=O) groups is 1. The molecule has 6 nitrogen and oxygen atoms in total. The summed E-state index contributed by atoms with van der Waals surface area (Å²) in [7, 11) is 8.95. The van der Waals surface area contributed by atoms with E-state index in [9.17, 15) is 4.79 Å². The molecular formula is C39H59N4O2+3. The number of hydrogen-bond donors (Lipinski definition) is 1. The van der Waals surface area contributed by atoms with Crippen molar-refractivity contribution in [2.24, 2.45) is 0 Å². The highest BCUT2D eigenvalue weighted by molar-refractivity contribution is 6.03. The SMILES string of the molecule is CC[N+]1=C(/C=C/C=C2/N(CCC[N+](C)(C)CCC[N+](C)(C)CCC(=O)O)c3ccccc3C2(C)C)C(C)(C)c2cccc(C)c21. The number of anilines is 1. The van der Waals surface area contributed by atoms with Gasteiger partial charge in [-0.1, -0.05) is 56.3 Å². The van der Waals surface area contributed by atoms with Gasteiger partial charge in [0, 0.05) is 53.4 Å². The molecule has 244 valence electrons. The predicted molar refractivity (Wildman–Crippen MR) is 189 cm³/mol. The number of carboxylic acid groups (broad SMARTS) is 1. The number of para-hydroxylation sites is 2. The summed E-state index contributed by atoms with van der Waals surface area (Å²) in [6.07, 6.45) is 9.42. The van der Waals surface area contributed by atoms with Gasteiger partial charge < -0.3 is 19.0 Å². The first-order chi connectivity index (χ1) is 21.0. The van der Waals surface area contributed by atoms with Gasteiger partial charge in [-0.3, -0.25) is 4.79 Å². The van der Waals surface area contributed by atoms with E-state index < -0.39 is 5.97 Å². The fraction of sp³-hybridized carbons (Fsp3) is 0.538. The van der Waals surface area contributed by atoms with E-state index >= 15 is 0 Å². The van der Waals surface area contributed by atoms with Crippen LogP contribution >= 0.6 is 0 Å². The normalized spacial score (nSPS) is 18.3. The molecule has 2 aromatic rings. The van der Waals surface area contributed by atoms with Crippen LogP contribution < -0.4 is 4.90 Å². The van der Waals surface area contributed by atoms with Gasteiger partial charge in [0.25, 0.3) is 0 Å². The third-order valence-electron chi connectivity index (χ3n) is 10.3. The van der Waals surface area contributed by atoms with Crippen LogP contribution in [0.1, 0.15) is 70.6 Å². The average molecular weight is 616 g/mol. The number of carboxylic acids is 1. The summed E-state index contributed by atoms with van der Waals surface area (Å²) in [5.74, 6) is -0.711. The monoisotopic (exact) mass is 615 g/mol. The zero-order valence-corrected chi connectivity index (χ0v) is 29.8. The molecule has 0 atom stereocenters. The fourth-order valence-electron chi connectivity index (χ4n) is 7.56. The van der Waals surface area contributed by atoms with Crippen molar-refractivity contribution in [3.05, 3.63) is 83.1 Å². The minimum atomic E-state index is -0.711. The molecule has 0 aromatic heterocycles. The summed E-state index contributed by atoms with van der Waals surface area (Å²) in [5, 5.41) is 9.08. The Balaban J connectivity index is 1.50. The lowest BCUT2D eigenvalue weighted by molar-refractivity contribution is -0.909. The molecule has 0 radical (unpaired) electrons. The van der Waals surface area contributed by atoms with Crippen LogP contribution in [-0.4, -0.2) is 97.8 Å². The highest BCUT2D eigenvalue weighted by atomic mass is 16.4. The van der Waals surface area contributed by atoms with Crippen LogP contribution in [0.2, 0.25) is 0 Å². The molecule has 2 aliphatic rings. The molecule has 0 bridgehead atoms. The van der Waals surface area contributed by atoms with Crippen molar-refractivity contribution in [1.29, 1.82) is 0 Å². The molecule has 45 heavy (non-hydrogen) atoms. The molecule has 2 aliphatic heterocycles. The number of aryl methyl sites for hydroxylation is 1. The zero-order valence-electron chi connectivity index (χ0n) is 29.8. The van der Waals surface area contributed by atoms with Crippen molar-refractivity contribution in [2.45, 2.75) is 71.6 Å². The number of hydrogen-bond acceptors (Lipinski definition) is 2. The lowest BCUT2D eigenvalue weighted by atomic mass is 9.80. The Bertz CT molecular complexity index is 1490. The number of nitrogens with zero attached hydrogens (tertiary/aromatic N) is 4. The number of allylic oxidation sites excluding steroid dienone is 4. The zero-order chi connectivity index (χ0) is 33.2. The quantitative estimate of drug-likeness (QED) is 0.183. The van der Waals surface area contributed by atoms with Gasteiger partial charge in [0.1, 0.15) is 6.54 Å². The Morgan fingerprint density at radius 1 is 0.867 bits per heavy atom. The standard InChI is InChI=1S/C39H58N4O2/c1-11-40-34(39(5,6)32-20-14-18-30(2)37(32)40)22-15-23-35-38(3,4)31-19-12-13-21-33(31)41(35)25-16-26-42(7,8)27-17-28-43(9,10)29-24-36(44)45/h12-15,18-23H,11,16-17,24-29H2,1-10H3/q+2/p+1. The topological polar surface area (TPSA) is 43.5 Å². The fourth-order valence-corrected chi connectivity index (χ4v) is 7.56. The molecule has 0 saturated heterocycles. The van der Waals surface area contributed by atoms with Crippen LogP contribution in [0.4, 0.5) is 11.4 Å². The molecule has 0 unspecified atom stereocenters. The molecule has 0 fully saturated rings. The van der Waals surface area contributed by atoms with Gasteiger partial charge in [0.2, 0.25) is 5.69 Å². The number of benzene rings is 2. The highest BCUT2D eigenvalue weighted by Gasteiger charge is 2.44. The lowest BCUT2D eigenvalue weighted by Crippen LogP contribution is -2.47. The first-order valence-electron chi connectivity index (χ1n) is 16.9. The van der Waals surface area contributed by atoms with E-state index in [1.165, 1.54) is 39.5 Å². The molecule has 4 rings (SSSR count). The van der Waals surface area contributed by atoms with Gasteiger partial charge >= 0.3 is 5.97 Å². The molecule has 0 saturated carbocycles. The van der Waals surface area contributed by atoms with E-state index in [-0.39, 0.29) is 17.3 Å². The molecule has 0 spiro atoms. The van der Waals surface area contributed by atoms with Crippen molar-refractivity contribution in [2.75, 3.05) is 72.4 Å². The van der Waals surface area contributed by atoms with Crippen molar-refractivity contribution < 1.29 is 23.4 Å². The second kappa shape index (κ2) is 13.3. The van der Waals surface area contributed by atoms with Crippen molar-refractivity contribution >= 4 is 23.1 Å². The maximum absolute atomic E-state index is 11.0. The third kappa shape index (κ3) is 7.44. The maximum atomic E-state index is 11.0. The smallest absolute Gasteiger partial charge is 0.309 e. The molecule has 0 amide bonds. The van der Waals surface area contributed by atoms with Crippen LogP contribution in [0.25, 0.3) is 0 Å². The van der Waals surface area contributed by atoms with Crippen LogP contribution in [0.3, 0.4) is 0 Å². The molecular weight excluding hydrogens is 556 g/mol. The van der Waals surface area contributed by atoms with Crippen LogP contribution in [0, 0.1) is 6.92 Å². The summed E-state index contributed by atoms with van der Waals surface area (Å²) in [6.45, 7) is 19.7. The summed E-state index contributed by atoms with van der Waals surface area (Å²) < 4.78 is 4.22. The molecule has 2 aromatic carbocycles. The largest absolute Gasteiger partial charge is 0.481 e. The van der Waals surface area contributed by atoms with Gasteiger partial charge in [0.15, 0.2) is 5.71 Å². The predicted octanol–water partition coefficient (Wildman–Crippen LogP) is 7.04. The molecule has 2 heterocycles. The number of quaternary nitrogens is 2. The third-order valence-corrected chi connectivity index (χ3v) is 10.3. The Kier molecular flexibility index (Phi) is 10.2. The van der Waals surface area contributed by atoms with Gasteiger partial charge in [0.05, 0.1) is 66.2 Å². The van der Waals surface area contributed by atoms with Crippen LogP contribution in [0.15, 0.2) is 66.4 Å². The van der Waals surface area contributed by atoms with E-state index in [2.05, 4.69) is 140 Å². The Hall–Kier alpha value is -3.22. The number of aliphatic carboxylic acids is 1. The van der Waals surface area contributed by atoms with E-state index in [0.717, 1.165) is 54.5 Å². The van der Waals surface area contributed by atoms with Crippen molar-refractivity contribution in [3.8, 4) is 0 Å². The van der Waals surface area contributed by atoms with Gasteiger partial charge in [-0.15, -0.1) is 0 Å². The van der Waals surface area contributed by atoms with Gasteiger partial charge in [-0.05, 0) is 45.4 Å². The number of rotatable bonds is 14. The van der Waals surface area contributed by atoms with Gasteiger partial charge in [-0.2, -0.15) is 4.58 Å². The summed E-state index contributed by atoms with van der Waals surface area (Å²) in [5.41, 5.74) is 9.43. The second-order valence-electron chi connectivity index (χ2n) is 15.5. The number of fused-ring (bicyclic) bond motifs is 2. The Morgan fingerprint density at radius 2 is 1.49 bits per heavy atom.